The summed E-state index contributed by atoms with van der Waals surface area (Å²) in [6, 6.07) is 0. The summed E-state index contributed by atoms with van der Waals surface area (Å²) in [5.41, 5.74) is 0. The molecule has 0 aliphatic rings. The van der Waals surface area contributed by atoms with E-state index in [9.17, 15) is 0 Å². The van der Waals surface area contributed by atoms with Gasteiger partial charge in [-0.3, -0.25) is 14.7 Å². The van der Waals surface area contributed by atoms with Crippen LogP contribution >= 0.6 is 7.92 Å². The second kappa shape index (κ2) is 23.5. The molecule has 31 heavy (non-hydrogen) atoms. The van der Waals surface area contributed by atoms with Crippen molar-refractivity contribution in [2.24, 2.45) is 0 Å². The molecule has 0 bridgehead atoms. The fourth-order valence-corrected chi connectivity index (χ4v) is 6.85. The molecule has 0 N–H and O–H groups in total. The van der Waals surface area contributed by atoms with Crippen LogP contribution in [0.3, 0.4) is 0 Å². The van der Waals surface area contributed by atoms with Gasteiger partial charge < -0.3 is 0 Å². The van der Waals surface area contributed by atoms with Gasteiger partial charge in [-0.1, -0.05) is 88.0 Å². The fraction of sp³-hybridized carbons (Fsp3) is 1.00. The highest BCUT2D eigenvalue weighted by atomic mass is 31.1. The van der Waals surface area contributed by atoms with Crippen molar-refractivity contribution < 1.29 is 0 Å². The van der Waals surface area contributed by atoms with E-state index in [0.717, 1.165) is 0 Å². The van der Waals surface area contributed by atoms with Crippen molar-refractivity contribution in [2.45, 2.75) is 119 Å². The number of hydrogen-bond acceptors (Lipinski definition) is 3. The van der Waals surface area contributed by atoms with Crippen molar-refractivity contribution in [1.29, 1.82) is 0 Å². The van der Waals surface area contributed by atoms with Gasteiger partial charge in [-0.15, -0.1) is 0 Å². The minimum atomic E-state index is -0.000323. The maximum absolute atomic E-state index is 2.84. The van der Waals surface area contributed by atoms with Crippen molar-refractivity contribution in [3.8, 4) is 0 Å². The monoisotopic (exact) mass is 457 g/mol. The van der Waals surface area contributed by atoms with Gasteiger partial charge in [-0.2, -0.15) is 0 Å². The molecule has 0 spiro atoms. The van der Waals surface area contributed by atoms with Gasteiger partial charge in [0.05, 0.1) is 0 Å². The van der Waals surface area contributed by atoms with Crippen LogP contribution in [0.4, 0.5) is 0 Å². The van der Waals surface area contributed by atoms with Gasteiger partial charge >= 0.3 is 0 Å². The van der Waals surface area contributed by atoms with E-state index in [1.807, 2.05) is 0 Å². The zero-order valence-corrected chi connectivity index (χ0v) is 23.5. The van der Waals surface area contributed by atoms with Crippen molar-refractivity contribution in [2.75, 3.05) is 58.1 Å². The lowest BCUT2D eigenvalue weighted by molar-refractivity contribution is 0.279. The third-order valence-electron chi connectivity index (χ3n) is 6.17. The Morgan fingerprint density at radius 2 is 0.548 bits per heavy atom. The van der Waals surface area contributed by atoms with E-state index in [-0.39, 0.29) is 7.92 Å². The molecule has 0 saturated carbocycles. The lowest BCUT2D eigenvalue weighted by atomic mass is 10.3. The number of rotatable bonds is 24. The molecule has 0 atom stereocenters. The Hall–Kier alpha value is 0.310. The predicted octanol–water partition coefficient (Wildman–Crippen LogP) is 8.05. The molecule has 188 valence electrons. The summed E-state index contributed by atoms with van der Waals surface area (Å²) < 4.78 is 0. The van der Waals surface area contributed by atoms with E-state index in [4.69, 9.17) is 0 Å². The second-order valence-electron chi connectivity index (χ2n) is 9.57. The number of unbranched alkanes of at least 4 members (excludes halogenated alkanes) is 6. The standard InChI is InChI=1S/C27H60N3P/c1-7-13-19-28(20-14-8-2)25-31(26-29(21-15-9-3)22-16-10-4)27-30(23-17-11-5)24-18-12-6/h7-27H2,1-6H3. The summed E-state index contributed by atoms with van der Waals surface area (Å²) in [4.78, 5) is 8.52. The molecule has 0 rings (SSSR count). The molecule has 0 aromatic heterocycles. The highest BCUT2D eigenvalue weighted by molar-refractivity contribution is 7.57. The first-order valence-corrected chi connectivity index (χ1v) is 15.9. The molecule has 0 radical (unpaired) electrons. The van der Waals surface area contributed by atoms with E-state index in [1.165, 1.54) is 135 Å². The molecule has 0 heterocycles. The topological polar surface area (TPSA) is 9.72 Å². The van der Waals surface area contributed by atoms with Gasteiger partial charge in [0.2, 0.25) is 0 Å². The van der Waals surface area contributed by atoms with E-state index in [1.54, 1.807) is 0 Å². The molecule has 0 aromatic rings. The molecular formula is C27H60N3P. The molecule has 0 unspecified atom stereocenters. The predicted molar refractivity (Wildman–Crippen MR) is 146 cm³/mol. The van der Waals surface area contributed by atoms with Gasteiger partial charge in [0, 0.05) is 18.9 Å². The average Bonchev–Trinajstić information content (AvgIpc) is 2.78. The zero-order chi connectivity index (χ0) is 23.2. The fourth-order valence-electron chi connectivity index (χ4n) is 4.03. The normalized spacial score (nSPS) is 12.2. The SMILES string of the molecule is CCCCN(CCCC)CP(CN(CCCC)CCCC)CN(CCCC)CCCC. The van der Waals surface area contributed by atoms with E-state index < -0.39 is 0 Å². The van der Waals surface area contributed by atoms with Crippen LogP contribution in [-0.2, 0) is 0 Å². The largest absolute Gasteiger partial charge is 0.299 e. The van der Waals surface area contributed by atoms with Crippen molar-refractivity contribution in [1.82, 2.24) is 14.7 Å². The maximum Gasteiger partial charge on any atom is 0.0207 e. The van der Waals surface area contributed by atoms with Crippen LogP contribution in [0.2, 0.25) is 0 Å². The summed E-state index contributed by atoms with van der Waals surface area (Å²) in [6.45, 7) is 21.9. The van der Waals surface area contributed by atoms with Gasteiger partial charge in [0.25, 0.3) is 0 Å². The van der Waals surface area contributed by atoms with Crippen molar-refractivity contribution in [3.05, 3.63) is 0 Å². The smallest absolute Gasteiger partial charge is 0.0207 e. The maximum atomic E-state index is 2.84. The molecule has 0 amide bonds. The zero-order valence-electron chi connectivity index (χ0n) is 22.6. The molecule has 0 saturated heterocycles. The highest BCUT2D eigenvalue weighted by Gasteiger charge is 2.20. The molecule has 0 aromatic carbocycles. The Morgan fingerprint density at radius 3 is 0.710 bits per heavy atom. The first-order chi connectivity index (χ1) is 15.1. The Labute approximate surface area is 199 Å². The van der Waals surface area contributed by atoms with Crippen LogP contribution in [0.1, 0.15) is 119 Å². The minimum absolute atomic E-state index is 0.000323. The Kier molecular flexibility index (Phi) is 23.7. The van der Waals surface area contributed by atoms with Crippen molar-refractivity contribution in [3.63, 3.8) is 0 Å². The van der Waals surface area contributed by atoms with Gasteiger partial charge in [0.15, 0.2) is 0 Å². The van der Waals surface area contributed by atoms with Crippen LogP contribution in [0.15, 0.2) is 0 Å². The average molecular weight is 458 g/mol. The molecule has 4 heteroatoms. The van der Waals surface area contributed by atoms with Crippen LogP contribution in [0.5, 0.6) is 0 Å². The van der Waals surface area contributed by atoms with Crippen LogP contribution < -0.4 is 0 Å². The van der Waals surface area contributed by atoms with Crippen molar-refractivity contribution >= 4 is 7.92 Å². The van der Waals surface area contributed by atoms with Gasteiger partial charge in [0.1, 0.15) is 0 Å². The van der Waals surface area contributed by atoms with Crippen LogP contribution in [-0.4, -0.2) is 72.8 Å². The number of nitrogens with zero attached hydrogens (tertiary/aromatic N) is 3. The summed E-state index contributed by atoms with van der Waals surface area (Å²) in [5, 5.41) is 0. The van der Waals surface area contributed by atoms with E-state index in [2.05, 4.69) is 56.2 Å². The Bertz CT molecular complexity index is 277. The Morgan fingerprint density at radius 1 is 0.355 bits per heavy atom. The van der Waals surface area contributed by atoms with Crippen LogP contribution in [0, 0.1) is 0 Å². The molecule has 0 aliphatic carbocycles. The first-order valence-electron chi connectivity index (χ1n) is 14.0. The van der Waals surface area contributed by atoms with E-state index >= 15 is 0 Å². The minimum Gasteiger partial charge on any atom is -0.299 e. The summed E-state index contributed by atoms with van der Waals surface area (Å²) in [5.74, 6) is 0. The Balaban J connectivity index is 5.28. The summed E-state index contributed by atoms with van der Waals surface area (Å²) in [6.07, 6.45) is 20.1. The van der Waals surface area contributed by atoms with Gasteiger partial charge in [-0.05, 0) is 77.8 Å². The highest BCUT2D eigenvalue weighted by Crippen LogP contribution is 2.38. The molecule has 0 fully saturated rings. The summed E-state index contributed by atoms with van der Waals surface area (Å²) >= 11 is 0. The first kappa shape index (κ1) is 31.3. The summed E-state index contributed by atoms with van der Waals surface area (Å²) in [7, 11) is -0.000323. The third-order valence-corrected chi connectivity index (χ3v) is 8.57. The quantitative estimate of drug-likeness (QED) is 0.136. The third kappa shape index (κ3) is 18.4. The second-order valence-corrected chi connectivity index (χ2v) is 11.8. The number of hydrogen-bond donors (Lipinski definition) is 0. The molecule has 3 nitrogen and oxygen atoms in total. The van der Waals surface area contributed by atoms with E-state index in [0.29, 0.717) is 0 Å². The van der Waals surface area contributed by atoms with Gasteiger partial charge in [-0.25, -0.2) is 0 Å². The van der Waals surface area contributed by atoms with Crippen LogP contribution in [0.25, 0.3) is 0 Å². The molecule has 0 aliphatic heterocycles. The lowest BCUT2D eigenvalue weighted by Gasteiger charge is -2.35. The lowest BCUT2D eigenvalue weighted by Crippen LogP contribution is -2.35. The molecular weight excluding hydrogens is 397 g/mol.